The highest BCUT2D eigenvalue weighted by molar-refractivity contribution is 5.91. The molecule has 1 amide bonds. The third-order valence-electron chi connectivity index (χ3n) is 6.78. The minimum absolute atomic E-state index is 0.128. The summed E-state index contributed by atoms with van der Waals surface area (Å²) in [6, 6.07) is 25.0. The lowest BCUT2D eigenvalue weighted by molar-refractivity contribution is -0.139. The molecule has 0 spiro atoms. The van der Waals surface area contributed by atoms with E-state index in [1.165, 1.54) is 7.11 Å². The summed E-state index contributed by atoms with van der Waals surface area (Å²) < 4.78 is 10.4. The van der Waals surface area contributed by atoms with Gasteiger partial charge in [-0.2, -0.15) is 0 Å². The first-order valence-corrected chi connectivity index (χ1v) is 13.3. The number of amides is 1. The van der Waals surface area contributed by atoms with Gasteiger partial charge in [-0.3, -0.25) is 14.9 Å². The summed E-state index contributed by atoms with van der Waals surface area (Å²) in [4.78, 5) is 38.6. The molecule has 4 rings (SSSR count). The number of hydrogen-bond donors (Lipinski definition) is 2. The third-order valence-corrected chi connectivity index (χ3v) is 6.78. The number of ketones is 1. The second kappa shape index (κ2) is 14.1. The normalized spacial score (nSPS) is 13.9. The van der Waals surface area contributed by atoms with Gasteiger partial charge in [-0.1, -0.05) is 60.7 Å². The van der Waals surface area contributed by atoms with Crippen LogP contribution in [0.3, 0.4) is 0 Å². The fourth-order valence-corrected chi connectivity index (χ4v) is 4.55. The number of rotatable bonds is 11. The van der Waals surface area contributed by atoms with Crippen molar-refractivity contribution in [3.63, 3.8) is 0 Å². The van der Waals surface area contributed by atoms with Crippen molar-refractivity contribution in [1.29, 1.82) is 0 Å². The molecule has 0 atom stereocenters. The molecule has 0 unspecified atom stereocenters. The van der Waals surface area contributed by atoms with E-state index in [1.54, 1.807) is 0 Å². The average molecular weight is 530 g/mol. The molecule has 39 heavy (non-hydrogen) atoms. The maximum Gasteiger partial charge on any atom is 0.411 e. The molecule has 0 aliphatic carbocycles. The quantitative estimate of drug-likeness (QED) is 0.332. The molecule has 1 fully saturated rings. The molecule has 204 valence electrons. The highest BCUT2D eigenvalue weighted by Gasteiger charge is 2.23. The number of carbonyl (C=O) groups is 3. The van der Waals surface area contributed by atoms with Crippen molar-refractivity contribution in [1.82, 2.24) is 4.90 Å². The lowest BCUT2D eigenvalue weighted by Crippen LogP contribution is -2.39. The lowest BCUT2D eigenvalue weighted by atomic mass is 10.0. The summed E-state index contributed by atoms with van der Waals surface area (Å²) in [5, 5.41) is 6.04. The van der Waals surface area contributed by atoms with Gasteiger partial charge in [0.2, 0.25) is 0 Å². The van der Waals surface area contributed by atoms with Gasteiger partial charge < -0.3 is 19.7 Å². The number of nitrogens with zero attached hydrogens (tertiary/aromatic N) is 1. The van der Waals surface area contributed by atoms with Crippen LogP contribution in [0.15, 0.2) is 78.9 Å². The first-order valence-electron chi connectivity index (χ1n) is 13.3. The molecular formula is C31H35N3O5. The van der Waals surface area contributed by atoms with Crippen LogP contribution in [0.5, 0.6) is 0 Å². The Labute approximate surface area is 229 Å². The van der Waals surface area contributed by atoms with Crippen molar-refractivity contribution in [2.45, 2.75) is 31.8 Å². The number of anilines is 2. The fourth-order valence-electron chi connectivity index (χ4n) is 4.55. The highest BCUT2D eigenvalue weighted by Crippen LogP contribution is 2.28. The Bertz CT molecular complexity index is 1240. The van der Waals surface area contributed by atoms with E-state index in [0.717, 1.165) is 54.0 Å². The van der Waals surface area contributed by atoms with Crippen LogP contribution in [-0.4, -0.2) is 62.1 Å². The Morgan fingerprint density at radius 2 is 1.59 bits per heavy atom. The van der Waals surface area contributed by atoms with Crippen molar-refractivity contribution in [3.05, 3.63) is 84.4 Å². The maximum absolute atomic E-state index is 12.6. The second-order valence-corrected chi connectivity index (χ2v) is 9.57. The van der Waals surface area contributed by atoms with Gasteiger partial charge in [0.1, 0.15) is 6.10 Å². The van der Waals surface area contributed by atoms with E-state index >= 15 is 0 Å². The molecule has 0 saturated carbocycles. The number of hydrogen-bond acceptors (Lipinski definition) is 7. The summed E-state index contributed by atoms with van der Waals surface area (Å²) in [7, 11) is 1.37. The fraction of sp³-hybridized carbons (Fsp3) is 0.323. The Balaban J connectivity index is 1.14. The Morgan fingerprint density at radius 3 is 2.31 bits per heavy atom. The van der Waals surface area contributed by atoms with Gasteiger partial charge in [0.25, 0.3) is 0 Å². The van der Waals surface area contributed by atoms with E-state index < -0.39 is 6.09 Å². The number of piperidine rings is 1. The van der Waals surface area contributed by atoms with Crippen molar-refractivity contribution >= 4 is 29.2 Å². The zero-order chi connectivity index (χ0) is 27.5. The standard InChI is InChI=1S/C31H35N3O5/c1-38-30(36)21-23-11-13-25(14-12-23)32-22-26(35)15-18-34-19-16-27(17-20-34)39-31(37)33-29-10-6-5-9-28(29)24-7-3-2-4-8-24/h2-14,27,32H,15-22H2,1H3,(H,33,37). The molecule has 1 heterocycles. The minimum atomic E-state index is -0.448. The molecule has 0 bridgehead atoms. The number of methoxy groups -OCH3 is 1. The van der Waals surface area contributed by atoms with Crippen LogP contribution in [-0.2, 0) is 25.5 Å². The van der Waals surface area contributed by atoms with E-state index in [-0.39, 0.29) is 30.8 Å². The zero-order valence-corrected chi connectivity index (χ0v) is 22.2. The van der Waals surface area contributed by atoms with E-state index in [2.05, 4.69) is 20.3 Å². The van der Waals surface area contributed by atoms with Crippen LogP contribution in [0.25, 0.3) is 11.1 Å². The molecule has 3 aromatic rings. The summed E-state index contributed by atoms with van der Waals surface area (Å²) in [5.74, 6) is -0.155. The van der Waals surface area contributed by atoms with Gasteiger partial charge in [0, 0.05) is 37.3 Å². The van der Waals surface area contributed by atoms with E-state index in [9.17, 15) is 14.4 Å². The largest absolute Gasteiger partial charge is 0.469 e. The van der Waals surface area contributed by atoms with Gasteiger partial charge in [0.05, 0.1) is 25.8 Å². The van der Waals surface area contributed by atoms with Gasteiger partial charge in [0.15, 0.2) is 5.78 Å². The first-order chi connectivity index (χ1) is 19.0. The number of esters is 1. The van der Waals surface area contributed by atoms with Gasteiger partial charge in [-0.25, -0.2) is 4.79 Å². The summed E-state index contributed by atoms with van der Waals surface area (Å²) in [6.07, 6.45) is 1.55. The lowest BCUT2D eigenvalue weighted by Gasteiger charge is -2.31. The minimum Gasteiger partial charge on any atom is -0.469 e. The molecule has 1 saturated heterocycles. The summed E-state index contributed by atoms with van der Waals surface area (Å²) in [6.45, 7) is 2.49. The molecule has 0 aromatic heterocycles. The molecule has 0 radical (unpaired) electrons. The Hall–Kier alpha value is -4.17. The highest BCUT2D eigenvalue weighted by atomic mass is 16.6. The van der Waals surface area contributed by atoms with E-state index in [0.29, 0.717) is 13.0 Å². The number of benzene rings is 3. The summed E-state index contributed by atoms with van der Waals surface area (Å²) in [5.41, 5.74) is 4.38. The Morgan fingerprint density at radius 1 is 0.897 bits per heavy atom. The predicted octanol–water partition coefficient (Wildman–Crippen LogP) is 5.15. The number of likely N-dealkylation sites (tertiary alicyclic amines) is 1. The van der Waals surface area contributed by atoms with E-state index in [1.807, 2.05) is 78.9 Å². The number of nitrogens with one attached hydrogen (secondary N) is 2. The van der Waals surface area contributed by atoms with Gasteiger partial charge in [-0.05, 0) is 42.2 Å². The van der Waals surface area contributed by atoms with Gasteiger partial charge in [-0.15, -0.1) is 0 Å². The number of Topliss-reactive ketones (excluding diaryl/α,β-unsaturated/α-hetero) is 1. The van der Waals surface area contributed by atoms with Crippen LogP contribution in [0.2, 0.25) is 0 Å². The molecule has 1 aliphatic rings. The molecule has 8 nitrogen and oxygen atoms in total. The van der Waals surface area contributed by atoms with Crippen LogP contribution in [0.4, 0.5) is 16.2 Å². The second-order valence-electron chi connectivity index (χ2n) is 9.57. The Kier molecular flexibility index (Phi) is 10.1. The van der Waals surface area contributed by atoms with Crippen molar-refractivity contribution in [2.24, 2.45) is 0 Å². The van der Waals surface area contributed by atoms with Gasteiger partial charge >= 0.3 is 12.1 Å². The topological polar surface area (TPSA) is 97.0 Å². The number of para-hydroxylation sites is 1. The molecule has 8 heteroatoms. The van der Waals surface area contributed by atoms with Crippen LogP contribution in [0.1, 0.15) is 24.8 Å². The molecule has 2 N–H and O–H groups in total. The SMILES string of the molecule is COC(=O)Cc1ccc(NCC(=O)CCN2CCC(OC(=O)Nc3ccccc3-c3ccccc3)CC2)cc1. The van der Waals surface area contributed by atoms with E-state index in [4.69, 9.17) is 4.74 Å². The number of carbonyl (C=O) groups excluding carboxylic acids is 3. The maximum atomic E-state index is 12.6. The van der Waals surface area contributed by atoms with Crippen molar-refractivity contribution < 1.29 is 23.9 Å². The first kappa shape index (κ1) is 27.9. The molecule has 1 aliphatic heterocycles. The molecular weight excluding hydrogens is 494 g/mol. The third kappa shape index (κ3) is 8.68. The van der Waals surface area contributed by atoms with Crippen LogP contribution < -0.4 is 10.6 Å². The smallest absolute Gasteiger partial charge is 0.411 e. The zero-order valence-electron chi connectivity index (χ0n) is 22.2. The van der Waals surface area contributed by atoms with Crippen LogP contribution in [0, 0.1) is 0 Å². The summed E-state index contributed by atoms with van der Waals surface area (Å²) >= 11 is 0. The van der Waals surface area contributed by atoms with Crippen molar-refractivity contribution in [3.8, 4) is 11.1 Å². The predicted molar refractivity (Wildman–Crippen MR) is 152 cm³/mol. The number of ether oxygens (including phenoxy) is 2. The molecule has 3 aromatic carbocycles. The van der Waals surface area contributed by atoms with Crippen molar-refractivity contribution in [2.75, 3.05) is 43.9 Å². The van der Waals surface area contributed by atoms with Crippen LogP contribution >= 0.6 is 0 Å². The average Bonchev–Trinajstić information content (AvgIpc) is 2.97. The monoisotopic (exact) mass is 529 g/mol.